The molecule has 4 rings (SSSR count). The van der Waals surface area contributed by atoms with Crippen LogP contribution in [0.5, 0.6) is 5.75 Å². The van der Waals surface area contributed by atoms with Gasteiger partial charge in [-0.05, 0) is 67.1 Å². The van der Waals surface area contributed by atoms with Crippen LogP contribution in [0, 0.1) is 23.7 Å². The van der Waals surface area contributed by atoms with Crippen molar-refractivity contribution in [3.8, 4) is 5.75 Å². The molecular formula is C26H30N6O2. The lowest BCUT2D eigenvalue weighted by Crippen LogP contribution is -2.14. The molecule has 0 spiro atoms. The van der Waals surface area contributed by atoms with E-state index in [2.05, 4.69) is 10.3 Å². The van der Waals surface area contributed by atoms with E-state index in [-0.39, 0.29) is 24.2 Å². The maximum atomic E-state index is 11.1. The zero-order valence-electron chi connectivity index (χ0n) is 19.1. The Morgan fingerprint density at radius 1 is 1.12 bits per heavy atom. The van der Waals surface area contributed by atoms with E-state index in [0.717, 1.165) is 35.2 Å². The topological polar surface area (TPSA) is 154 Å². The van der Waals surface area contributed by atoms with Crippen molar-refractivity contribution in [3.63, 3.8) is 0 Å². The number of nitrogens with two attached hydrogens (primary N) is 2. The summed E-state index contributed by atoms with van der Waals surface area (Å²) in [5, 5.41) is 29.7. The second-order valence-corrected chi connectivity index (χ2v) is 8.64. The van der Waals surface area contributed by atoms with Crippen molar-refractivity contribution in [3.05, 3.63) is 88.2 Å². The second kappa shape index (κ2) is 9.93. The van der Waals surface area contributed by atoms with Gasteiger partial charge in [0.1, 0.15) is 24.0 Å². The van der Waals surface area contributed by atoms with Gasteiger partial charge in [0.2, 0.25) is 0 Å². The van der Waals surface area contributed by atoms with Crippen molar-refractivity contribution in [1.29, 1.82) is 10.8 Å². The monoisotopic (exact) mass is 458 g/mol. The fraction of sp³-hybridized carbons (Fsp3) is 0.269. The molecule has 1 atom stereocenters. The average Bonchev–Trinajstić information content (AvgIpc) is 3.68. The van der Waals surface area contributed by atoms with Gasteiger partial charge in [-0.25, -0.2) is 0 Å². The first kappa shape index (κ1) is 23.3. The highest BCUT2D eigenvalue weighted by atomic mass is 16.5. The van der Waals surface area contributed by atoms with Gasteiger partial charge in [0.15, 0.2) is 0 Å². The molecule has 1 aromatic heterocycles. The van der Waals surface area contributed by atoms with E-state index in [1.807, 2.05) is 37.3 Å². The number of nitrogens with one attached hydrogen (secondary N) is 3. The summed E-state index contributed by atoms with van der Waals surface area (Å²) >= 11 is 0. The highest BCUT2D eigenvalue weighted by Gasteiger charge is 2.35. The van der Waals surface area contributed by atoms with E-state index in [4.69, 9.17) is 27.0 Å². The Morgan fingerprint density at radius 3 is 2.47 bits per heavy atom. The Balaban J connectivity index is 1.58. The summed E-state index contributed by atoms with van der Waals surface area (Å²) in [5.41, 5.74) is 16.6. The summed E-state index contributed by atoms with van der Waals surface area (Å²) < 4.78 is 6.22. The first-order chi connectivity index (χ1) is 16.3. The van der Waals surface area contributed by atoms with Crippen molar-refractivity contribution in [2.45, 2.75) is 39.0 Å². The van der Waals surface area contributed by atoms with Gasteiger partial charge >= 0.3 is 0 Å². The molecular weight excluding hydrogens is 428 g/mol. The average molecular weight is 459 g/mol. The first-order valence-electron chi connectivity index (χ1n) is 11.2. The number of benzene rings is 2. The maximum absolute atomic E-state index is 11.1. The number of aromatic nitrogens is 1. The minimum absolute atomic E-state index is 0.00829. The third kappa shape index (κ3) is 5.35. The number of ether oxygens (including phenoxy) is 1. The fourth-order valence-electron chi connectivity index (χ4n) is 3.89. The lowest BCUT2D eigenvalue weighted by molar-refractivity contribution is 0.146. The predicted molar refractivity (Wildman–Crippen MR) is 133 cm³/mol. The second-order valence-electron chi connectivity index (χ2n) is 8.64. The van der Waals surface area contributed by atoms with Crippen LogP contribution >= 0.6 is 0 Å². The summed E-state index contributed by atoms with van der Waals surface area (Å²) in [6.07, 6.45) is 3.14. The van der Waals surface area contributed by atoms with Gasteiger partial charge in [-0.15, -0.1) is 0 Å². The van der Waals surface area contributed by atoms with Gasteiger partial charge in [0.25, 0.3) is 0 Å². The number of rotatable bonds is 10. The molecule has 0 bridgehead atoms. The van der Waals surface area contributed by atoms with Crippen LogP contribution in [0.2, 0.25) is 0 Å². The summed E-state index contributed by atoms with van der Waals surface area (Å²) in [6, 6.07) is 14.7. The number of amidine groups is 2. The minimum Gasteiger partial charge on any atom is -0.487 e. The molecule has 2 aromatic carbocycles. The lowest BCUT2D eigenvalue weighted by Gasteiger charge is -2.22. The van der Waals surface area contributed by atoms with E-state index < -0.39 is 6.10 Å². The number of anilines is 1. The zero-order valence-corrected chi connectivity index (χ0v) is 19.1. The number of hydrogen-bond acceptors (Lipinski definition) is 6. The summed E-state index contributed by atoms with van der Waals surface area (Å²) in [6.45, 7) is 2.61. The van der Waals surface area contributed by atoms with Crippen LogP contribution < -0.4 is 21.5 Å². The number of hydrogen-bond donors (Lipinski definition) is 6. The number of nitrogen functional groups attached to an aromatic ring is 2. The summed E-state index contributed by atoms with van der Waals surface area (Å²) in [7, 11) is 0. The normalized spacial score (nSPS) is 13.8. The number of pyridine rings is 1. The van der Waals surface area contributed by atoms with Crippen LogP contribution in [-0.4, -0.2) is 21.8 Å². The standard InChI is InChI=1S/C26H30N6O2/c1-15-24(34-14-16-3-2-4-19(11-16)26(29)30)22(23(33)17-5-6-17)20(12-31-15)13-32-21-9-7-18(8-10-21)25(27)28/h2-4,7-12,17,23,32-33H,5-6,13-14H2,1H3,(H3,27,28)(H3,29,30). The molecule has 8 N–H and O–H groups in total. The van der Waals surface area contributed by atoms with Gasteiger partial charge in [-0.3, -0.25) is 15.8 Å². The van der Waals surface area contributed by atoms with Crippen LogP contribution in [0.3, 0.4) is 0 Å². The quantitative estimate of drug-likeness (QED) is 0.201. The molecule has 176 valence electrons. The fourth-order valence-corrected chi connectivity index (χ4v) is 3.89. The Bertz CT molecular complexity index is 1200. The molecule has 0 saturated heterocycles. The summed E-state index contributed by atoms with van der Waals surface area (Å²) in [4.78, 5) is 4.53. The first-order valence-corrected chi connectivity index (χ1v) is 11.2. The van der Waals surface area contributed by atoms with E-state index in [1.54, 1.807) is 24.4 Å². The molecule has 1 fully saturated rings. The third-order valence-electron chi connectivity index (χ3n) is 6.00. The molecule has 34 heavy (non-hydrogen) atoms. The molecule has 8 nitrogen and oxygen atoms in total. The number of aliphatic hydroxyl groups excluding tert-OH is 1. The SMILES string of the molecule is Cc1ncc(CNc2ccc(C(=N)N)cc2)c(C(O)C2CC2)c1OCc1cccc(C(=N)N)c1. The Labute approximate surface area is 199 Å². The van der Waals surface area contributed by atoms with E-state index >= 15 is 0 Å². The molecule has 0 amide bonds. The van der Waals surface area contributed by atoms with Crippen molar-refractivity contribution in [1.82, 2.24) is 4.98 Å². The van der Waals surface area contributed by atoms with Crippen LogP contribution in [0.4, 0.5) is 5.69 Å². The Hall–Kier alpha value is -3.91. The van der Waals surface area contributed by atoms with Crippen LogP contribution in [-0.2, 0) is 13.2 Å². The van der Waals surface area contributed by atoms with E-state index in [0.29, 0.717) is 29.1 Å². The molecule has 0 radical (unpaired) electrons. The van der Waals surface area contributed by atoms with E-state index in [1.165, 1.54) is 0 Å². The van der Waals surface area contributed by atoms with Gasteiger partial charge in [-0.2, -0.15) is 0 Å². The molecule has 1 unspecified atom stereocenters. The highest BCUT2D eigenvalue weighted by molar-refractivity contribution is 5.95. The van der Waals surface area contributed by atoms with Crippen LogP contribution in [0.15, 0.2) is 54.7 Å². The highest BCUT2D eigenvalue weighted by Crippen LogP contribution is 2.45. The van der Waals surface area contributed by atoms with Crippen molar-refractivity contribution in [2.75, 3.05) is 5.32 Å². The Morgan fingerprint density at radius 2 is 1.82 bits per heavy atom. The van der Waals surface area contributed by atoms with Crippen molar-refractivity contribution < 1.29 is 9.84 Å². The number of nitrogens with zero attached hydrogens (tertiary/aromatic N) is 1. The third-order valence-corrected chi connectivity index (χ3v) is 6.00. The molecule has 3 aromatic rings. The molecule has 0 aliphatic heterocycles. The number of aryl methyl sites for hydroxylation is 1. The molecule has 8 heteroatoms. The number of aliphatic hydroxyl groups is 1. The lowest BCUT2D eigenvalue weighted by atomic mass is 9.98. The molecule has 1 heterocycles. The summed E-state index contributed by atoms with van der Waals surface area (Å²) in [5.74, 6) is 0.853. The van der Waals surface area contributed by atoms with E-state index in [9.17, 15) is 5.11 Å². The molecule has 1 saturated carbocycles. The smallest absolute Gasteiger partial charge is 0.147 e. The van der Waals surface area contributed by atoms with Crippen molar-refractivity contribution in [2.24, 2.45) is 17.4 Å². The molecule has 1 aliphatic rings. The van der Waals surface area contributed by atoms with Crippen molar-refractivity contribution >= 4 is 17.4 Å². The minimum atomic E-state index is -0.628. The predicted octanol–water partition coefficient (Wildman–Crippen LogP) is 3.59. The van der Waals surface area contributed by atoms with Gasteiger partial charge in [0.05, 0.1) is 11.8 Å². The zero-order chi connectivity index (χ0) is 24.2. The van der Waals surface area contributed by atoms with Gasteiger partial charge < -0.3 is 26.6 Å². The molecule has 1 aliphatic carbocycles. The maximum Gasteiger partial charge on any atom is 0.147 e. The van der Waals surface area contributed by atoms with Crippen LogP contribution in [0.25, 0.3) is 0 Å². The van der Waals surface area contributed by atoms with Gasteiger partial charge in [-0.1, -0.05) is 18.2 Å². The Kier molecular flexibility index (Phi) is 6.79. The largest absolute Gasteiger partial charge is 0.487 e. The van der Waals surface area contributed by atoms with Crippen LogP contribution in [0.1, 0.15) is 52.5 Å². The van der Waals surface area contributed by atoms with Gasteiger partial charge in [0, 0.05) is 35.1 Å².